The normalized spacial score (nSPS) is 22.6. The van der Waals surface area contributed by atoms with Crippen molar-refractivity contribution in [3.63, 3.8) is 0 Å². The quantitative estimate of drug-likeness (QED) is 0.853. The molecule has 1 atom stereocenters. The molecule has 1 aliphatic rings. The highest BCUT2D eigenvalue weighted by atomic mass is 16.3. The van der Waals surface area contributed by atoms with Gasteiger partial charge in [0.15, 0.2) is 0 Å². The minimum Gasteiger partial charge on any atom is -0.465 e. The first kappa shape index (κ1) is 11.7. The lowest BCUT2D eigenvalue weighted by Crippen LogP contribution is -2.33. The lowest BCUT2D eigenvalue weighted by Gasteiger charge is -2.29. The first-order chi connectivity index (χ1) is 7.69. The molecule has 16 heavy (non-hydrogen) atoms. The largest absolute Gasteiger partial charge is 0.465 e. The number of piperidine rings is 1. The van der Waals surface area contributed by atoms with Crippen LogP contribution in [-0.4, -0.2) is 18.0 Å². The van der Waals surface area contributed by atoms with Gasteiger partial charge in [-0.2, -0.15) is 0 Å². The number of nitrogens with two attached hydrogens (primary N) is 1. The van der Waals surface area contributed by atoms with Crippen molar-refractivity contribution in [1.29, 1.82) is 0 Å². The van der Waals surface area contributed by atoms with Crippen LogP contribution in [0.2, 0.25) is 0 Å². The Morgan fingerprint density at radius 1 is 1.56 bits per heavy atom. The molecule has 0 amide bonds. The predicted molar refractivity (Wildman–Crippen MR) is 65.0 cm³/mol. The van der Waals surface area contributed by atoms with E-state index in [0.717, 1.165) is 29.5 Å². The van der Waals surface area contributed by atoms with Gasteiger partial charge in [-0.05, 0) is 38.3 Å². The standard InChI is InChI=1S/C13H22N2O/c1-10-4-3-5-15(8-10)9-13-6-12(7-14)11(2)16-13/h6,10H,3-5,7-9,14H2,1-2H3. The molecule has 2 N–H and O–H groups in total. The monoisotopic (exact) mass is 222 g/mol. The fourth-order valence-corrected chi connectivity index (χ4v) is 2.52. The minimum atomic E-state index is 0.575. The Morgan fingerprint density at radius 3 is 3.00 bits per heavy atom. The lowest BCUT2D eigenvalue weighted by atomic mass is 10.0. The molecular formula is C13H22N2O. The number of rotatable bonds is 3. The van der Waals surface area contributed by atoms with Crippen LogP contribution in [0.15, 0.2) is 10.5 Å². The number of furan rings is 1. The summed E-state index contributed by atoms with van der Waals surface area (Å²) in [7, 11) is 0. The molecule has 0 aromatic carbocycles. The van der Waals surface area contributed by atoms with Crippen molar-refractivity contribution in [2.75, 3.05) is 13.1 Å². The van der Waals surface area contributed by atoms with Crippen molar-refractivity contribution in [2.45, 2.75) is 39.8 Å². The van der Waals surface area contributed by atoms with Crippen LogP contribution in [0.25, 0.3) is 0 Å². The maximum Gasteiger partial charge on any atom is 0.118 e. The first-order valence-corrected chi connectivity index (χ1v) is 6.19. The van der Waals surface area contributed by atoms with Crippen LogP contribution in [0.5, 0.6) is 0 Å². The summed E-state index contributed by atoms with van der Waals surface area (Å²) >= 11 is 0. The second kappa shape index (κ2) is 5.02. The highest BCUT2D eigenvalue weighted by molar-refractivity contribution is 5.20. The summed E-state index contributed by atoms with van der Waals surface area (Å²) in [6, 6.07) is 2.11. The topological polar surface area (TPSA) is 42.4 Å². The van der Waals surface area contributed by atoms with Gasteiger partial charge in [0.25, 0.3) is 0 Å². The van der Waals surface area contributed by atoms with Crippen LogP contribution in [0.1, 0.15) is 36.8 Å². The summed E-state index contributed by atoms with van der Waals surface area (Å²) in [5.74, 6) is 2.85. The third-order valence-electron chi connectivity index (χ3n) is 3.41. The van der Waals surface area contributed by atoms with E-state index < -0.39 is 0 Å². The van der Waals surface area contributed by atoms with Crippen molar-refractivity contribution in [2.24, 2.45) is 11.7 Å². The molecular weight excluding hydrogens is 200 g/mol. The maximum absolute atomic E-state index is 5.72. The van der Waals surface area contributed by atoms with Crippen LogP contribution < -0.4 is 5.73 Å². The minimum absolute atomic E-state index is 0.575. The maximum atomic E-state index is 5.72. The molecule has 0 saturated carbocycles. The molecule has 0 spiro atoms. The zero-order valence-electron chi connectivity index (χ0n) is 10.3. The van der Waals surface area contributed by atoms with E-state index in [-0.39, 0.29) is 0 Å². The van der Waals surface area contributed by atoms with E-state index in [4.69, 9.17) is 10.2 Å². The molecule has 1 aromatic heterocycles. The molecule has 2 rings (SSSR count). The van der Waals surface area contributed by atoms with Crippen molar-refractivity contribution < 1.29 is 4.42 Å². The number of aryl methyl sites for hydroxylation is 1. The van der Waals surface area contributed by atoms with Crippen LogP contribution in [-0.2, 0) is 13.1 Å². The van der Waals surface area contributed by atoms with E-state index in [1.165, 1.54) is 25.9 Å². The van der Waals surface area contributed by atoms with Crippen molar-refractivity contribution >= 4 is 0 Å². The molecule has 3 heteroatoms. The van der Waals surface area contributed by atoms with Gasteiger partial charge < -0.3 is 10.2 Å². The fraction of sp³-hybridized carbons (Fsp3) is 0.692. The Hall–Kier alpha value is -0.800. The average Bonchev–Trinajstić information content (AvgIpc) is 2.58. The fourth-order valence-electron chi connectivity index (χ4n) is 2.52. The Labute approximate surface area is 97.6 Å². The summed E-state index contributed by atoms with van der Waals surface area (Å²) in [4.78, 5) is 2.48. The number of likely N-dealkylation sites (tertiary alicyclic amines) is 1. The Morgan fingerprint density at radius 2 is 2.38 bits per heavy atom. The van der Waals surface area contributed by atoms with Gasteiger partial charge in [0.2, 0.25) is 0 Å². The van der Waals surface area contributed by atoms with E-state index in [2.05, 4.69) is 17.9 Å². The Balaban J connectivity index is 1.97. The van der Waals surface area contributed by atoms with Crippen LogP contribution >= 0.6 is 0 Å². The zero-order chi connectivity index (χ0) is 11.5. The van der Waals surface area contributed by atoms with Crippen molar-refractivity contribution in [1.82, 2.24) is 4.90 Å². The van der Waals surface area contributed by atoms with Gasteiger partial charge in [0.1, 0.15) is 11.5 Å². The molecule has 0 bridgehead atoms. The van der Waals surface area contributed by atoms with Gasteiger partial charge in [-0.25, -0.2) is 0 Å². The summed E-state index contributed by atoms with van der Waals surface area (Å²) < 4.78 is 5.72. The predicted octanol–water partition coefficient (Wildman–Crippen LogP) is 2.28. The zero-order valence-corrected chi connectivity index (χ0v) is 10.3. The van der Waals surface area contributed by atoms with Gasteiger partial charge in [-0.15, -0.1) is 0 Å². The molecule has 0 radical (unpaired) electrons. The summed E-state index contributed by atoms with van der Waals surface area (Å²) in [6.45, 7) is 8.21. The summed E-state index contributed by atoms with van der Waals surface area (Å²) in [5.41, 5.74) is 6.78. The average molecular weight is 222 g/mol. The molecule has 1 aliphatic heterocycles. The lowest BCUT2D eigenvalue weighted by molar-refractivity contribution is 0.165. The molecule has 1 aromatic rings. The van der Waals surface area contributed by atoms with E-state index in [1.54, 1.807) is 0 Å². The SMILES string of the molecule is Cc1oc(CN2CCCC(C)C2)cc1CN. The van der Waals surface area contributed by atoms with E-state index >= 15 is 0 Å². The number of hydrogen-bond donors (Lipinski definition) is 1. The van der Waals surface area contributed by atoms with Gasteiger partial charge in [-0.1, -0.05) is 6.92 Å². The molecule has 1 unspecified atom stereocenters. The molecule has 3 nitrogen and oxygen atoms in total. The molecule has 2 heterocycles. The van der Waals surface area contributed by atoms with E-state index in [9.17, 15) is 0 Å². The molecule has 1 saturated heterocycles. The molecule has 1 fully saturated rings. The highest BCUT2D eigenvalue weighted by Crippen LogP contribution is 2.20. The Kier molecular flexibility index (Phi) is 3.66. The smallest absolute Gasteiger partial charge is 0.118 e. The third kappa shape index (κ3) is 2.66. The van der Waals surface area contributed by atoms with E-state index in [0.29, 0.717) is 6.54 Å². The highest BCUT2D eigenvalue weighted by Gasteiger charge is 2.17. The second-order valence-corrected chi connectivity index (χ2v) is 4.98. The van der Waals surface area contributed by atoms with Gasteiger partial charge in [0.05, 0.1) is 6.54 Å². The molecule has 0 aliphatic carbocycles. The van der Waals surface area contributed by atoms with Gasteiger partial charge >= 0.3 is 0 Å². The first-order valence-electron chi connectivity index (χ1n) is 6.19. The second-order valence-electron chi connectivity index (χ2n) is 4.98. The van der Waals surface area contributed by atoms with Gasteiger partial charge in [0, 0.05) is 18.7 Å². The number of hydrogen-bond acceptors (Lipinski definition) is 3. The van der Waals surface area contributed by atoms with Crippen molar-refractivity contribution in [3.8, 4) is 0 Å². The van der Waals surface area contributed by atoms with Crippen molar-refractivity contribution in [3.05, 3.63) is 23.2 Å². The summed E-state index contributed by atoms with van der Waals surface area (Å²) in [5, 5.41) is 0. The van der Waals surface area contributed by atoms with Crippen LogP contribution in [0.4, 0.5) is 0 Å². The third-order valence-corrected chi connectivity index (χ3v) is 3.41. The summed E-state index contributed by atoms with van der Waals surface area (Å²) in [6.07, 6.45) is 2.67. The van der Waals surface area contributed by atoms with E-state index in [1.807, 2.05) is 6.92 Å². The van der Waals surface area contributed by atoms with Crippen LogP contribution in [0, 0.1) is 12.8 Å². The van der Waals surface area contributed by atoms with Crippen LogP contribution in [0.3, 0.4) is 0 Å². The van der Waals surface area contributed by atoms with Gasteiger partial charge in [-0.3, -0.25) is 4.90 Å². The molecule has 90 valence electrons. The Bertz CT molecular complexity index is 346. The number of nitrogens with zero attached hydrogens (tertiary/aromatic N) is 1.